The zero-order valence-electron chi connectivity index (χ0n) is 11.9. The molecule has 0 unspecified atom stereocenters. The number of hydrogen-bond acceptors (Lipinski definition) is 3. The summed E-state index contributed by atoms with van der Waals surface area (Å²) in [6.07, 6.45) is 3.35. The van der Waals surface area contributed by atoms with E-state index < -0.39 is 0 Å². The third-order valence-corrected chi connectivity index (χ3v) is 3.78. The minimum absolute atomic E-state index is 0.0714. The highest BCUT2D eigenvalue weighted by Gasteiger charge is 2.22. The van der Waals surface area contributed by atoms with Crippen LogP contribution in [0.3, 0.4) is 0 Å². The van der Waals surface area contributed by atoms with E-state index in [1.165, 1.54) is 12.8 Å². The van der Waals surface area contributed by atoms with Gasteiger partial charge in [0.2, 0.25) is 0 Å². The molecule has 0 radical (unpaired) electrons. The Balaban J connectivity index is 2.12. The Kier molecular flexibility index (Phi) is 5.29. The highest BCUT2D eigenvalue weighted by molar-refractivity contribution is 9.10. The Labute approximate surface area is 128 Å². The van der Waals surface area contributed by atoms with E-state index in [0.717, 1.165) is 17.4 Å². The van der Waals surface area contributed by atoms with Crippen LogP contribution in [0.2, 0.25) is 0 Å². The molecule has 1 aromatic rings. The Morgan fingerprint density at radius 2 is 2.20 bits per heavy atom. The van der Waals surface area contributed by atoms with Gasteiger partial charge >= 0.3 is 0 Å². The van der Waals surface area contributed by atoms with Crippen LogP contribution in [0.4, 0.5) is 0 Å². The molecule has 110 valence electrons. The summed E-state index contributed by atoms with van der Waals surface area (Å²) in [6.45, 7) is 3.41. The van der Waals surface area contributed by atoms with Crippen LogP contribution in [0.5, 0.6) is 11.5 Å². The zero-order valence-corrected chi connectivity index (χ0v) is 13.5. The molecule has 1 aliphatic rings. The number of rotatable bonds is 7. The van der Waals surface area contributed by atoms with Gasteiger partial charge in [-0.15, -0.1) is 0 Å². The number of nitrogens with one attached hydrogen (secondary N) is 1. The van der Waals surface area contributed by atoms with Crippen LogP contribution >= 0.6 is 15.9 Å². The second-order valence-corrected chi connectivity index (χ2v) is 5.85. The smallest absolute Gasteiger partial charge is 0.251 e. The van der Waals surface area contributed by atoms with Crippen molar-refractivity contribution >= 4 is 21.8 Å². The molecule has 1 N–H and O–H groups in total. The average Bonchev–Trinajstić information content (AvgIpc) is 3.26. The summed E-state index contributed by atoms with van der Waals surface area (Å²) in [6, 6.07) is 3.49. The lowest BCUT2D eigenvalue weighted by molar-refractivity contribution is 0.0951. The Bertz CT molecular complexity index is 486. The van der Waals surface area contributed by atoms with Gasteiger partial charge in [-0.3, -0.25) is 4.79 Å². The second-order valence-electron chi connectivity index (χ2n) is 4.99. The Hall–Kier alpha value is -1.23. The summed E-state index contributed by atoms with van der Waals surface area (Å²) in [7, 11) is 1.58. The van der Waals surface area contributed by atoms with E-state index in [1.807, 2.05) is 6.92 Å². The molecular weight excluding hydrogens is 322 g/mol. The van der Waals surface area contributed by atoms with Crippen LogP contribution in [0.25, 0.3) is 0 Å². The predicted octanol–water partition coefficient (Wildman–Crippen LogP) is 3.39. The Morgan fingerprint density at radius 1 is 1.45 bits per heavy atom. The summed E-state index contributed by atoms with van der Waals surface area (Å²) < 4.78 is 11.7. The lowest BCUT2D eigenvalue weighted by Crippen LogP contribution is -2.25. The summed E-state index contributed by atoms with van der Waals surface area (Å²) >= 11 is 3.44. The zero-order chi connectivity index (χ0) is 14.5. The minimum atomic E-state index is -0.0714. The van der Waals surface area contributed by atoms with Gasteiger partial charge < -0.3 is 14.8 Å². The molecule has 1 fully saturated rings. The number of amides is 1. The summed E-state index contributed by atoms with van der Waals surface area (Å²) in [4.78, 5) is 12.1. The van der Waals surface area contributed by atoms with Gasteiger partial charge in [0.1, 0.15) is 0 Å². The topological polar surface area (TPSA) is 47.6 Å². The van der Waals surface area contributed by atoms with E-state index in [9.17, 15) is 4.79 Å². The SMILES string of the molecule is CCCOc1c(Br)cc(C(=O)NCC2CC2)cc1OC. The van der Waals surface area contributed by atoms with Crippen molar-refractivity contribution in [1.29, 1.82) is 0 Å². The van der Waals surface area contributed by atoms with E-state index in [2.05, 4.69) is 21.2 Å². The summed E-state index contributed by atoms with van der Waals surface area (Å²) in [5.41, 5.74) is 0.582. The standard InChI is InChI=1S/C15H20BrNO3/c1-3-6-20-14-12(16)7-11(8-13(14)19-2)15(18)17-9-10-4-5-10/h7-8,10H,3-6,9H2,1-2H3,(H,17,18). The molecule has 0 heterocycles. The predicted molar refractivity (Wildman–Crippen MR) is 81.5 cm³/mol. The van der Waals surface area contributed by atoms with Crippen molar-refractivity contribution < 1.29 is 14.3 Å². The highest BCUT2D eigenvalue weighted by atomic mass is 79.9. The third-order valence-electron chi connectivity index (χ3n) is 3.19. The number of methoxy groups -OCH3 is 1. The molecule has 0 saturated heterocycles. The first-order valence-corrected chi connectivity index (χ1v) is 7.73. The van der Waals surface area contributed by atoms with E-state index >= 15 is 0 Å². The quantitative estimate of drug-likeness (QED) is 0.826. The number of ether oxygens (including phenoxy) is 2. The fraction of sp³-hybridized carbons (Fsp3) is 0.533. The number of carbonyl (C=O) groups excluding carboxylic acids is 1. The van der Waals surface area contributed by atoms with Crippen molar-refractivity contribution in [3.05, 3.63) is 22.2 Å². The maximum atomic E-state index is 12.1. The first kappa shape index (κ1) is 15.2. The van der Waals surface area contributed by atoms with Gasteiger partial charge in [0.25, 0.3) is 5.91 Å². The molecule has 1 amide bonds. The lowest BCUT2D eigenvalue weighted by atomic mass is 10.2. The molecule has 1 saturated carbocycles. The fourth-order valence-corrected chi connectivity index (χ4v) is 2.41. The van der Waals surface area contributed by atoms with Crippen LogP contribution in [-0.4, -0.2) is 26.2 Å². The van der Waals surface area contributed by atoms with Crippen molar-refractivity contribution in [1.82, 2.24) is 5.32 Å². The lowest BCUT2D eigenvalue weighted by Gasteiger charge is -2.14. The van der Waals surface area contributed by atoms with Crippen molar-refractivity contribution in [3.63, 3.8) is 0 Å². The molecule has 0 atom stereocenters. The van der Waals surface area contributed by atoms with Crippen molar-refractivity contribution in [2.45, 2.75) is 26.2 Å². The minimum Gasteiger partial charge on any atom is -0.493 e. The van der Waals surface area contributed by atoms with Crippen LogP contribution in [-0.2, 0) is 0 Å². The number of hydrogen-bond donors (Lipinski definition) is 1. The van der Waals surface area contributed by atoms with Gasteiger partial charge in [-0.05, 0) is 53.2 Å². The van der Waals surface area contributed by atoms with Gasteiger partial charge in [-0.25, -0.2) is 0 Å². The molecule has 0 bridgehead atoms. The fourth-order valence-electron chi connectivity index (χ4n) is 1.86. The number of benzene rings is 1. The molecule has 4 nitrogen and oxygen atoms in total. The highest BCUT2D eigenvalue weighted by Crippen LogP contribution is 2.37. The van der Waals surface area contributed by atoms with Crippen molar-refractivity contribution in [2.24, 2.45) is 5.92 Å². The molecule has 0 spiro atoms. The molecule has 20 heavy (non-hydrogen) atoms. The number of halogens is 1. The molecule has 5 heteroatoms. The molecule has 0 aromatic heterocycles. The van der Waals surface area contributed by atoms with E-state index in [0.29, 0.717) is 29.6 Å². The van der Waals surface area contributed by atoms with E-state index in [4.69, 9.17) is 9.47 Å². The maximum Gasteiger partial charge on any atom is 0.251 e. The monoisotopic (exact) mass is 341 g/mol. The normalized spacial score (nSPS) is 13.9. The maximum absolute atomic E-state index is 12.1. The first-order valence-electron chi connectivity index (χ1n) is 6.94. The first-order chi connectivity index (χ1) is 9.65. The molecular formula is C15H20BrNO3. The van der Waals surface area contributed by atoms with Crippen molar-refractivity contribution in [3.8, 4) is 11.5 Å². The molecule has 1 aliphatic carbocycles. The van der Waals surface area contributed by atoms with Crippen LogP contribution < -0.4 is 14.8 Å². The van der Waals surface area contributed by atoms with Gasteiger partial charge in [-0.2, -0.15) is 0 Å². The van der Waals surface area contributed by atoms with Crippen molar-refractivity contribution in [2.75, 3.05) is 20.3 Å². The van der Waals surface area contributed by atoms with Gasteiger partial charge in [0.05, 0.1) is 18.2 Å². The van der Waals surface area contributed by atoms with Gasteiger partial charge in [-0.1, -0.05) is 6.92 Å². The second kappa shape index (κ2) is 6.97. The molecule has 1 aromatic carbocycles. The van der Waals surface area contributed by atoms with Gasteiger partial charge in [0.15, 0.2) is 11.5 Å². The summed E-state index contributed by atoms with van der Waals surface area (Å²) in [5.74, 6) is 1.81. The van der Waals surface area contributed by atoms with Crippen LogP contribution in [0.15, 0.2) is 16.6 Å². The Morgan fingerprint density at radius 3 is 2.80 bits per heavy atom. The molecule has 2 rings (SSSR count). The number of carbonyl (C=O) groups is 1. The largest absolute Gasteiger partial charge is 0.493 e. The van der Waals surface area contributed by atoms with Gasteiger partial charge in [0, 0.05) is 12.1 Å². The van der Waals surface area contributed by atoms with Crippen LogP contribution in [0, 0.1) is 5.92 Å². The third kappa shape index (κ3) is 3.88. The molecule has 0 aliphatic heterocycles. The van der Waals surface area contributed by atoms with E-state index in [1.54, 1.807) is 19.2 Å². The van der Waals surface area contributed by atoms with Crippen LogP contribution in [0.1, 0.15) is 36.5 Å². The summed E-state index contributed by atoms with van der Waals surface area (Å²) in [5, 5.41) is 2.95. The average molecular weight is 342 g/mol. The van der Waals surface area contributed by atoms with E-state index in [-0.39, 0.29) is 5.91 Å².